The number of carbonyl (C=O) groups excluding carboxylic acids is 1. The van der Waals surface area contributed by atoms with Gasteiger partial charge in [-0.3, -0.25) is 4.79 Å². The van der Waals surface area contributed by atoms with Gasteiger partial charge in [0.25, 0.3) is 0 Å². The number of hydrogen-bond donors (Lipinski definition) is 1. The van der Waals surface area contributed by atoms with Gasteiger partial charge in [-0.05, 0) is 60.6 Å². The molecule has 0 aliphatic heterocycles. The Morgan fingerprint density at radius 2 is 1.75 bits per heavy atom. The number of fused-ring (bicyclic) bond motifs is 1. The van der Waals surface area contributed by atoms with Gasteiger partial charge in [0.15, 0.2) is 0 Å². The molecule has 0 aliphatic carbocycles. The zero-order valence-electron chi connectivity index (χ0n) is 17.7. The molecule has 1 N–H and O–H groups in total. The van der Waals surface area contributed by atoms with E-state index in [4.69, 9.17) is 4.74 Å². The molecule has 5 heteroatoms. The van der Waals surface area contributed by atoms with Gasteiger partial charge in [-0.2, -0.15) is 0 Å². The van der Waals surface area contributed by atoms with Crippen molar-refractivity contribution in [2.24, 2.45) is 0 Å². The van der Waals surface area contributed by atoms with E-state index in [1.165, 1.54) is 44.1 Å². The predicted molar refractivity (Wildman–Crippen MR) is 121 cm³/mol. The first-order chi connectivity index (χ1) is 13.5. The minimum absolute atomic E-state index is 0.130. The first-order valence-electron chi connectivity index (χ1n) is 10.7. The van der Waals surface area contributed by atoms with E-state index < -0.39 is 0 Å². The van der Waals surface area contributed by atoms with Crippen LogP contribution in [0, 0.1) is 0 Å². The maximum absolute atomic E-state index is 12.4. The summed E-state index contributed by atoms with van der Waals surface area (Å²) < 4.78 is 6.72. The van der Waals surface area contributed by atoms with Gasteiger partial charge in [0.05, 0.1) is 10.1 Å². The van der Waals surface area contributed by atoms with Gasteiger partial charge in [0.1, 0.15) is 5.75 Å². The van der Waals surface area contributed by atoms with Gasteiger partial charge in [-0.15, -0.1) is 0 Å². The summed E-state index contributed by atoms with van der Waals surface area (Å²) in [5.41, 5.74) is 2.16. The van der Waals surface area contributed by atoms with Crippen molar-refractivity contribution in [3.63, 3.8) is 0 Å². The fourth-order valence-corrected chi connectivity index (χ4v) is 4.09. The Bertz CT molecular complexity index is 740. The van der Waals surface area contributed by atoms with Crippen molar-refractivity contribution in [3.05, 3.63) is 28.4 Å². The quantitative estimate of drug-likeness (QED) is 0.216. The Hall–Kier alpha value is -1.33. The highest BCUT2D eigenvalue weighted by molar-refractivity contribution is 9.10. The number of H-pyrrole nitrogens is 1. The van der Waals surface area contributed by atoms with Crippen LogP contribution in [0.4, 0.5) is 0 Å². The molecule has 0 unspecified atom stereocenters. The Morgan fingerprint density at radius 3 is 2.43 bits per heavy atom. The smallest absolute Gasteiger partial charge is 0.311 e. The summed E-state index contributed by atoms with van der Waals surface area (Å²) in [6, 6.07) is 5.85. The number of likely N-dealkylation sites (N-methyl/N-ethyl adjacent to an activating group) is 1. The third kappa shape index (κ3) is 7.25. The molecule has 0 radical (unpaired) electrons. The minimum Gasteiger partial charge on any atom is -0.426 e. The van der Waals surface area contributed by atoms with E-state index in [1.54, 1.807) is 0 Å². The number of hydrogen-bond acceptors (Lipinski definition) is 3. The normalized spacial score (nSPS) is 11.5. The molecule has 0 spiro atoms. The monoisotopic (exact) mass is 450 g/mol. The second-order valence-corrected chi connectivity index (χ2v) is 8.64. The molecule has 0 amide bonds. The van der Waals surface area contributed by atoms with Crippen LogP contribution in [0.3, 0.4) is 0 Å². The van der Waals surface area contributed by atoms with E-state index in [0.717, 1.165) is 41.3 Å². The Kier molecular flexibility index (Phi) is 10.1. The molecular formula is C23H35BrN2O2. The van der Waals surface area contributed by atoms with Crippen LogP contribution in [-0.4, -0.2) is 36.5 Å². The van der Waals surface area contributed by atoms with Crippen molar-refractivity contribution in [1.82, 2.24) is 9.88 Å². The number of nitrogens with one attached hydrogen (secondary N) is 1. The lowest BCUT2D eigenvalue weighted by atomic mass is 10.1. The Morgan fingerprint density at radius 1 is 1.07 bits per heavy atom. The maximum atomic E-state index is 12.4. The highest BCUT2D eigenvalue weighted by Crippen LogP contribution is 2.34. The van der Waals surface area contributed by atoms with Crippen LogP contribution < -0.4 is 4.74 Å². The SMILES string of the molecule is CCCCCCCCCCC(=O)Oc1cccc2[nH]c(Br)c(CCN(C)C)c12. The predicted octanol–water partition coefficient (Wildman–Crippen LogP) is 6.47. The molecule has 1 aromatic carbocycles. The van der Waals surface area contributed by atoms with Gasteiger partial charge < -0.3 is 14.6 Å². The average Bonchev–Trinajstić information content (AvgIpc) is 2.98. The second kappa shape index (κ2) is 12.3. The zero-order chi connectivity index (χ0) is 20.4. The van der Waals surface area contributed by atoms with Gasteiger partial charge in [0.2, 0.25) is 0 Å². The summed E-state index contributed by atoms with van der Waals surface area (Å²) >= 11 is 3.63. The summed E-state index contributed by atoms with van der Waals surface area (Å²) in [5.74, 6) is 0.534. The third-order valence-electron chi connectivity index (χ3n) is 5.10. The lowest BCUT2D eigenvalue weighted by molar-refractivity contribution is -0.134. The van der Waals surface area contributed by atoms with Crippen LogP contribution >= 0.6 is 15.9 Å². The lowest BCUT2D eigenvalue weighted by Crippen LogP contribution is -2.15. The molecule has 0 fully saturated rings. The molecule has 28 heavy (non-hydrogen) atoms. The maximum Gasteiger partial charge on any atom is 0.311 e. The number of carbonyl (C=O) groups is 1. The van der Waals surface area contributed by atoms with E-state index in [-0.39, 0.29) is 5.97 Å². The largest absolute Gasteiger partial charge is 0.426 e. The summed E-state index contributed by atoms with van der Waals surface area (Å²) in [4.78, 5) is 17.9. The number of ether oxygens (including phenoxy) is 1. The molecule has 0 aliphatic rings. The first-order valence-corrected chi connectivity index (χ1v) is 11.5. The van der Waals surface area contributed by atoms with Crippen LogP contribution in [0.25, 0.3) is 10.9 Å². The average molecular weight is 451 g/mol. The lowest BCUT2D eigenvalue weighted by Gasteiger charge is -2.11. The van der Waals surface area contributed by atoms with E-state index in [0.29, 0.717) is 12.2 Å². The van der Waals surface area contributed by atoms with Crippen LogP contribution in [0.5, 0.6) is 5.75 Å². The van der Waals surface area contributed by atoms with Gasteiger partial charge >= 0.3 is 5.97 Å². The second-order valence-electron chi connectivity index (χ2n) is 7.85. The number of rotatable bonds is 13. The van der Waals surface area contributed by atoms with E-state index in [2.05, 4.69) is 46.8 Å². The fourth-order valence-electron chi connectivity index (χ4n) is 3.48. The van der Waals surface area contributed by atoms with Gasteiger partial charge in [-0.25, -0.2) is 0 Å². The van der Waals surface area contributed by atoms with Gasteiger partial charge in [0, 0.05) is 18.4 Å². The van der Waals surface area contributed by atoms with Crippen LogP contribution in [-0.2, 0) is 11.2 Å². The van der Waals surface area contributed by atoms with Crippen molar-refractivity contribution < 1.29 is 9.53 Å². The number of esters is 1. The molecule has 2 rings (SSSR count). The van der Waals surface area contributed by atoms with Crippen LogP contribution in [0.1, 0.15) is 70.3 Å². The van der Waals surface area contributed by atoms with Crippen molar-refractivity contribution in [3.8, 4) is 5.75 Å². The molecule has 4 nitrogen and oxygen atoms in total. The molecular weight excluding hydrogens is 416 g/mol. The van der Waals surface area contributed by atoms with Crippen molar-refractivity contribution in [2.45, 2.75) is 71.1 Å². The van der Waals surface area contributed by atoms with Gasteiger partial charge in [-0.1, -0.05) is 57.9 Å². The van der Waals surface area contributed by atoms with Crippen LogP contribution in [0.15, 0.2) is 22.8 Å². The summed E-state index contributed by atoms with van der Waals surface area (Å²) in [6.45, 7) is 3.18. The van der Waals surface area contributed by atoms with Crippen molar-refractivity contribution in [2.75, 3.05) is 20.6 Å². The molecule has 0 bridgehead atoms. The van der Waals surface area contributed by atoms with E-state index in [1.807, 2.05) is 18.2 Å². The molecule has 2 aromatic rings. The highest BCUT2D eigenvalue weighted by atomic mass is 79.9. The summed E-state index contributed by atoms with van der Waals surface area (Å²) in [7, 11) is 4.13. The number of aromatic amines is 1. The molecule has 1 heterocycles. The number of benzene rings is 1. The molecule has 0 saturated heterocycles. The summed E-state index contributed by atoms with van der Waals surface area (Å²) in [5, 5.41) is 1.01. The first kappa shape index (κ1) is 23.0. The number of halogens is 1. The standard InChI is InChI=1S/C23H35BrN2O2/c1-4-5-6-7-8-9-10-11-15-21(27)28-20-14-12-13-19-22(20)18(23(24)25-19)16-17-26(2)3/h12-14,25H,4-11,15-17H2,1-3H3. The Labute approximate surface area is 178 Å². The molecule has 0 saturated carbocycles. The highest BCUT2D eigenvalue weighted by Gasteiger charge is 2.16. The van der Waals surface area contributed by atoms with Crippen LogP contribution in [0.2, 0.25) is 0 Å². The number of nitrogens with zero attached hydrogens (tertiary/aromatic N) is 1. The topological polar surface area (TPSA) is 45.3 Å². The van der Waals surface area contributed by atoms with Crippen molar-refractivity contribution in [1.29, 1.82) is 0 Å². The van der Waals surface area contributed by atoms with Crippen molar-refractivity contribution >= 4 is 32.8 Å². The molecule has 1 aromatic heterocycles. The summed E-state index contributed by atoms with van der Waals surface area (Å²) in [6.07, 6.45) is 11.2. The number of aromatic nitrogens is 1. The minimum atomic E-state index is -0.130. The zero-order valence-corrected chi connectivity index (χ0v) is 19.2. The van der Waals surface area contributed by atoms with E-state index in [9.17, 15) is 4.79 Å². The molecule has 156 valence electrons. The van der Waals surface area contributed by atoms with E-state index >= 15 is 0 Å². The Balaban J connectivity index is 1.88. The third-order valence-corrected chi connectivity index (χ3v) is 5.78. The number of unbranched alkanes of at least 4 members (excludes halogenated alkanes) is 7. The molecule has 0 atom stereocenters. The fraction of sp³-hybridized carbons (Fsp3) is 0.609.